The van der Waals surface area contributed by atoms with E-state index < -0.39 is 15.9 Å². The monoisotopic (exact) mass is 460 g/mol. The summed E-state index contributed by atoms with van der Waals surface area (Å²) in [5, 5.41) is 4.20. The fourth-order valence-corrected chi connectivity index (χ4v) is 4.30. The molecular formula is C21H21ClN4O4S. The first kappa shape index (κ1) is 21.3. The van der Waals surface area contributed by atoms with Gasteiger partial charge in [0.1, 0.15) is 5.15 Å². The van der Waals surface area contributed by atoms with Gasteiger partial charge in [0.25, 0.3) is 15.9 Å². The second-order valence-corrected chi connectivity index (χ2v) is 9.54. The Bertz CT molecular complexity index is 1210. The van der Waals surface area contributed by atoms with Crippen LogP contribution in [0.3, 0.4) is 0 Å². The highest BCUT2D eigenvalue weighted by Gasteiger charge is 2.41. The molecule has 8 nitrogen and oxygen atoms in total. The van der Waals surface area contributed by atoms with E-state index >= 15 is 0 Å². The first-order chi connectivity index (χ1) is 14.8. The molecule has 4 rings (SSSR count). The van der Waals surface area contributed by atoms with Gasteiger partial charge in [0.05, 0.1) is 17.1 Å². The molecule has 1 aromatic carbocycles. The lowest BCUT2D eigenvalue weighted by Gasteiger charge is -2.11. The number of sulfonamides is 1. The number of hydrogen-bond acceptors (Lipinski definition) is 6. The second kappa shape index (κ2) is 8.32. The van der Waals surface area contributed by atoms with Crippen molar-refractivity contribution in [3.8, 4) is 11.7 Å². The van der Waals surface area contributed by atoms with E-state index in [4.69, 9.17) is 16.3 Å². The SMILES string of the molecule is CCC1(COc2ccn(-c3ccc(C(=O)NS(=O)(=O)c4ccccc4)c(Cl)n3)n2)CC1. The van der Waals surface area contributed by atoms with E-state index in [1.165, 1.54) is 41.8 Å². The van der Waals surface area contributed by atoms with Crippen LogP contribution in [-0.4, -0.2) is 35.7 Å². The largest absolute Gasteiger partial charge is 0.476 e. The third-order valence-electron chi connectivity index (χ3n) is 5.39. The summed E-state index contributed by atoms with van der Waals surface area (Å²) in [6.45, 7) is 2.79. The summed E-state index contributed by atoms with van der Waals surface area (Å²) in [7, 11) is -4.02. The van der Waals surface area contributed by atoms with E-state index in [0.29, 0.717) is 18.3 Å². The standard InChI is InChI=1S/C21H21ClN4O4S/c1-2-21(11-12-21)14-30-18-10-13-26(24-18)17-9-8-16(19(22)23-17)20(27)25-31(28,29)15-6-4-3-5-7-15/h3-10,13H,2,11-12,14H2,1H3,(H,25,27). The average Bonchev–Trinajstić information content (AvgIpc) is 3.39. The molecule has 0 radical (unpaired) electrons. The quantitative estimate of drug-likeness (QED) is 0.515. The highest BCUT2D eigenvalue weighted by Crippen LogP contribution is 2.48. The third kappa shape index (κ3) is 4.72. The molecule has 0 aliphatic heterocycles. The molecule has 1 saturated carbocycles. The minimum absolute atomic E-state index is 0.0239. The van der Waals surface area contributed by atoms with Gasteiger partial charge in [-0.05, 0) is 43.5 Å². The Balaban J connectivity index is 1.46. The summed E-state index contributed by atoms with van der Waals surface area (Å²) in [5.41, 5.74) is 0.215. The molecule has 3 aromatic rings. The van der Waals surface area contributed by atoms with Crippen molar-refractivity contribution in [2.75, 3.05) is 6.61 Å². The van der Waals surface area contributed by atoms with Gasteiger partial charge < -0.3 is 4.74 Å². The normalized spacial score (nSPS) is 14.8. The fraction of sp³-hybridized carbons (Fsp3) is 0.286. The third-order valence-corrected chi connectivity index (χ3v) is 7.03. The molecule has 0 spiro atoms. The molecule has 2 heterocycles. The van der Waals surface area contributed by atoms with Crippen LogP contribution in [0.15, 0.2) is 59.6 Å². The zero-order valence-electron chi connectivity index (χ0n) is 16.8. The number of carbonyl (C=O) groups is 1. The molecular weight excluding hydrogens is 440 g/mol. The predicted octanol–water partition coefficient (Wildman–Crippen LogP) is 3.61. The van der Waals surface area contributed by atoms with Crippen molar-refractivity contribution in [3.05, 3.63) is 65.4 Å². The van der Waals surface area contributed by atoms with Crippen LogP contribution >= 0.6 is 11.6 Å². The van der Waals surface area contributed by atoms with E-state index in [0.717, 1.165) is 6.42 Å². The second-order valence-electron chi connectivity index (χ2n) is 7.50. The Morgan fingerprint density at radius 2 is 1.94 bits per heavy atom. The molecule has 10 heteroatoms. The smallest absolute Gasteiger partial charge is 0.268 e. The average molecular weight is 461 g/mol. The Labute approximate surface area is 185 Å². The number of nitrogens with one attached hydrogen (secondary N) is 1. The van der Waals surface area contributed by atoms with Crippen LogP contribution in [0.2, 0.25) is 5.15 Å². The number of carbonyl (C=O) groups excluding carboxylic acids is 1. The minimum Gasteiger partial charge on any atom is -0.476 e. The van der Waals surface area contributed by atoms with Crippen molar-refractivity contribution in [1.82, 2.24) is 19.5 Å². The van der Waals surface area contributed by atoms with E-state index in [1.54, 1.807) is 30.5 Å². The Morgan fingerprint density at radius 3 is 2.58 bits per heavy atom. The van der Waals surface area contributed by atoms with Gasteiger partial charge >= 0.3 is 0 Å². The lowest BCUT2D eigenvalue weighted by Crippen LogP contribution is -2.31. The van der Waals surface area contributed by atoms with Crippen LogP contribution in [0.1, 0.15) is 36.5 Å². The lowest BCUT2D eigenvalue weighted by molar-refractivity contribution is 0.0981. The van der Waals surface area contributed by atoms with Crippen LogP contribution < -0.4 is 9.46 Å². The molecule has 2 aromatic heterocycles. The van der Waals surface area contributed by atoms with E-state index in [9.17, 15) is 13.2 Å². The first-order valence-electron chi connectivity index (χ1n) is 9.79. The number of nitrogens with zero attached hydrogens (tertiary/aromatic N) is 3. The number of aromatic nitrogens is 3. The molecule has 1 aliphatic rings. The van der Waals surface area contributed by atoms with Gasteiger partial charge in [0, 0.05) is 17.7 Å². The molecule has 0 unspecified atom stereocenters. The maximum atomic E-state index is 12.5. The maximum absolute atomic E-state index is 12.5. The van der Waals surface area contributed by atoms with Crippen molar-refractivity contribution in [2.45, 2.75) is 31.1 Å². The van der Waals surface area contributed by atoms with Crippen molar-refractivity contribution >= 4 is 27.5 Å². The van der Waals surface area contributed by atoms with Crippen LogP contribution in [0.5, 0.6) is 5.88 Å². The lowest BCUT2D eigenvalue weighted by atomic mass is 10.1. The van der Waals surface area contributed by atoms with Gasteiger partial charge in [0.2, 0.25) is 5.88 Å². The number of pyridine rings is 1. The Kier molecular flexibility index (Phi) is 5.72. The van der Waals surface area contributed by atoms with Crippen LogP contribution in [0.4, 0.5) is 0 Å². The van der Waals surface area contributed by atoms with Crippen molar-refractivity contribution in [1.29, 1.82) is 0 Å². The van der Waals surface area contributed by atoms with Gasteiger partial charge in [-0.15, -0.1) is 5.10 Å². The van der Waals surface area contributed by atoms with Gasteiger partial charge in [0.15, 0.2) is 5.82 Å². The number of amides is 1. The minimum atomic E-state index is -4.02. The van der Waals surface area contributed by atoms with E-state index in [-0.39, 0.29) is 21.0 Å². The molecule has 0 saturated heterocycles. The van der Waals surface area contributed by atoms with E-state index in [2.05, 4.69) is 17.0 Å². The summed E-state index contributed by atoms with van der Waals surface area (Å²) in [6.07, 6.45) is 5.10. The molecule has 1 N–H and O–H groups in total. The number of ether oxygens (including phenoxy) is 1. The summed E-state index contributed by atoms with van der Waals surface area (Å²) in [6, 6.07) is 12.3. The summed E-state index contributed by atoms with van der Waals surface area (Å²) >= 11 is 6.16. The van der Waals surface area contributed by atoms with Crippen LogP contribution in [0.25, 0.3) is 5.82 Å². The van der Waals surface area contributed by atoms with Crippen molar-refractivity contribution in [2.24, 2.45) is 5.41 Å². The zero-order chi connectivity index (χ0) is 22.1. The van der Waals surface area contributed by atoms with E-state index in [1.807, 2.05) is 4.72 Å². The number of hydrogen-bond donors (Lipinski definition) is 1. The van der Waals surface area contributed by atoms with Gasteiger partial charge in [-0.25, -0.2) is 22.8 Å². The van der Waals surface area contributed by atoms with Crippen molar-refractivity contribution in [3.63, 3.8) is 0 Å². The van der Waals surface area contributed by atoms with Gasteiger partial charge in [-0.1, -0.05) is 36.7 Å². The molecule has 162 valence electrons. The zero-order valence-corrected chi connectivity index (χ0v) is 18.4. The Morgan fingerprint density at radius 1 is 1.19 bits per heavy atom. The Hall–Kier alpha value is -2.91. The molecule has 0 atom stereocenters. The van der Waals surface area contributed by atoms with Crippen LogP contribution in [0, 0.1) is 5.41 Å². The summed E-state index contributed by atoms with van der Waals surface area (Å²) in [5.74, 6) is -0.0148. The topological polar surface area (TPSA) is 103 Å². The summed E-state index contributed by atoms with van der Waals surface area (Å²) < 4.78 is 34.0. The molecule has 1 fully saturated rings. The molecule has 0 bridgehead atoms. The fourth-order valence-electron chi connectivity index (χ4n) is 3.07. The number of benzene rings is 1. The maximum Gasteiger partial charge on any atom is 0.268 e. The molecule has 31 heavy (non-hydrogen) atoms. The van der Waals surface area contributed by atoms with Crippen LogP contribution in [-0.2, 0) is 10.0 Å². The highest BCUT2D eigenvalue weighted by molar-refractivity contribution is 7.90. The van der Waals surface area contributed by atoms with Gasteiger partial charge in [-0.3, -0.25) is 4.79 Å². The molecule has 1 amide bonds. The first-order valence-corrected chi connectivity index (χ1v) is 11.7. The summed E-state index contributed by atoms with van der Waals surface area (Å²) in [4.78, 5) is 16.6. The molecule has 1 aliphatic carbocycles. The van der Waals surface area contributed by atoms with Gasteiger partial charge in [-0.2, -0.15) is 0 Å². The number of halogens is 1. The number of rotatable bonds is 8. The highest BCUT2D eigenvalue weighted by atomic mass is 35.5. The predicted molar refractivity (Wildman–Crippen MR) is 115 cm³/mol. The van der Waals surface area contributed by atoms with Crippen molar-refractivity contribution < 1.29 is 17.9 Å².